The zero-order valence-electron chi connectivity index (χ0n) is 21.3. The summed E-state index contributed by atoms with van der Waals surface area (Å²) in [4.78, 5) is 36.9. The summed E-state index contributed by atoms with van der Waals surface area (Å²) in [5.41, 5.74) is -0.746. The first-order valence-electron chi connectivity index (χ1n) is 12.7. The quantitative estimate of drug-likeness (QED) is 0.312. The lowest BCUT2D eigenvalue weighted by Crippen LogP contribution is -2.54. The van der Waals surface area contributed by atoms with Crippen molar-refractivity contribution >= 4 is 25.2 Å². The molecular weight excluding hydrogens is 457 g/mol. The van der Waals surface area contributed by atoms with Gasteiger partial charge in [0.05, 0.1) is 18.3 Å². The molecular formula is C25H42NO7P. The van der Waals surface area contributed by atoms with Crippen LogP contribution in [0.3, 0.4) is 0 Å². The fourth-order valence-electron chi connectivity index (χ4n) is 7.03. The van der Waals surface area contributed by atoms with Crippen molar-refractivity contribution in [1.82, 2.24) is 5.32 Å². The van der Waals surface area contributed by atoms with Crippen LogP contribution >= 0.6 is 7.14 Å². The van der Waals surface area contributed by atoms with Gasteiger partial charge in [0.2, 0.25) is 0 Å². The number of rotatable bonds is 10. The lowest BCUT2D eigenvalue weighted by Gasteiger charge is -2.60. The minimum atomic E-state index is -3.31. The molecule has 3 atom stereocenters. The number of carbonyl (C=O) groups is 3. The fraction of sp³-hybridized carbons (Fsp3) is 0.880. The highest BCUT2D eigenvalue weighted by Gasteiger charge is 2.61. The molecule has 0 aliphatic heterocycles. The molecule has 3 unspecified atom stereocenters. The number of carbonyl (C=O) groups excluding carboxylic acids is 2. The summed E-state index contributed by atoms with van der Waals surface area (Å²) >= 11 is 0. The number of amides is 1. The molecule has 9 heteroatoms. The van der Waals surface area contributed by atoms with E-state index in [4.69, 9.17) is 9.47 Å². The Balaban J connectivity index is 1.99. The van der Waals surface area contributed by atoms with Gasteiger partial charge in [0.25, 0.3) is 0 Å². The largest absolute Gasteiger partial charge is 0.481 e. The molecule has 0 aromatic heterocycles. The number of carboxylic acid groups (broad SMARTS) is 1. The van der Waals surface area contributed by atoms with Gasteiger partial charge < -0.3 is 24.5 Å². The van der Waals surface area contributed by atoms with Crippen LogP contribution in [-0.2, 0) is 23.6 Å². The average molecular weight is 500 g/mol. The van der Waals surface area contributed by atoms with Crippen LogP contribution in [0.4, 0.5) is 4.79 Å². The highest BCUT2D eigenvalue weighted by molar-refractivity contribution is 7.66. The van der Waals surface area contributed by atoms with Crippen molar-refractivity contribution < 1.29 is 33.5 Å². The molecule has 0 saturated heterocycles. The minimum absolute atomic E-state index is 0.0448. The second kappa shape index (κ2) is 10.2. The van der Waals surface area contributed by atoms with Crippen molar-refractivity contribution in [2.75, 3.05) is 12.8 Å². The number of hydrogen-bond acceptors (Lipinski definition) is 6. The second-order valence-electron chi connectivity index (χ2n) is 11.9. The van der Waals surface area contributed by atoms with Crippen molar-refractivity contribution in [3.05, 3.63) is 0 Å². The van der Waals surface area contributed by atoms with Crippen molar-refractivity contribution in [2.24, 2.45) is 23.7 Å². The topological polar surface area (TPSA) is 119 Å². The molecule has 0 heterocycles. The molecule has 8 nitrogen and oxygen atoms in total. The first-order valence-corrected chi connectivity index (χ1v) is 14.7. The Morgan fingerprint density at radius 3 is 2.06 bits per heavy atom. The molecule has 4 rings (SSSR count). The predicted molar refractivity (Wildman–Crippen MR) is 129 cm³/mol. The molecule has 4 aliphatic carbocycles. The first-order chi connectivity index (χ1) is 15.8. The van der Waals surface area contributed by atoms with Crippen LogP contribution in [0.5, 0.6) is 0 Å². The van der Waals surface area contributed by atoms with Crippen molar-refractivity contribution in [3.63, 3.8) is 0 Å². The van der Waals surface area contributed by atoms with E-state index in [0.717, 1.165) is 38.5 Å². The standard InChI is InChI=1S/C25H42NO7P/c1-6-32-22(29)16(2)15-34(31,25-12-17-9-18(13-25)11-19(10-17)14-25)20(7-8-21(27)28)26-23(30)33-24(3,4)5/h16-20H,6-15H2,1-5H3,(H,26,30)(H,27,28). The second-order valence-corrected chi connectivity index (χ2v) is 15.4. The molecule has 0 aromatic rings. The fourth-order valence-corrected chi connectivity index (χ4v) is 11.9. The molecule has 4 saturated carbocycles. The number of alkyl carbamates (subject to hydrolysis) is 1. The van der Waals surface area contributed by atoms with Gasteiger partial charge in [-0.3, -0.25) is 9.59 Å². The summed E-state index contributed by atoms with van der Waals surface area (Å²) < 4.78 is 26.0. The lowest BCUT2D eigenvalue weighted by molar-refractivity contribution is -0.146. The lowest BCUT2D eigenvalue weighted by atomic mass is 9.56. The van der Waals surface area contributed by atoms with Crippen LogP contribution in [0.15, 0.2) is 0 Å². The Kier molecular flexibility index (Phi) is 8.11. The summed E-state index contributed by atoms with van der Waals surface area (Å²) in [7, 11) is -3.31. The SMILES string of the molecule is CCOC(=O)C(C)CP(=O)(C(CCC(=O)O)NC(=O)OC(C)(C)C)C12CC3CC(CC(C3)C1)C2. The smallest absolute Gasteiger partial charge is 0.408 e. The van der Waals surface area contributed by atoms with Gasteiger partial charge >= 0.3 is 18.0 Å². The number of ether oxygens (including phenoxy) is 2. The Bertz CT molecular complexity index is 798. The molecule has 4 fully saturated rings. The van der Waals surface area contributed by atoms with Gasteiger partial charge in [-0.25, -0.2) is 4.79 Å². The van der Waals surface area contributed by atoms with E-state index in [2.05, 4.69) is 5.32 Å². The molecule has 2 N–H and O–H groups in total. The molecule has 1 amide bonds. The Morgan fingerprint density at radius 1 is 1.09 bits per heavy atom. The number of hydrogen-bond donors (Lipinski definition) is 2. The Hall–Kier alpha value is -1.56. The Labute approximate surface area is 203 Å². The van der Waals surface area contributed by atoms with E-state index < -0.39 is 47.6 Å². The predicted octanol–water partition coefficient (Wildman–Crippen LogP) is 5.23. The average Bonchev–Trinajstić information content (AvgIpc) is 2.68. The normalized spacial score (nSPS) is 31.3. The maximum absolute atomic E-state index is 15.3. The van der Waals surface area contributed by atoms with Gasteiger partial charge in [-0.05, 0) is 90.4 Å². The van der Waals surface area contributed by atoms with E-state index in [1.165, 1.54) is 0 Å². The van der Waals surface area contributed by atoms with Gasteiger partial charge in [0, 0.05) is 17.7 Å². The van der Waals surface area contributed by atoms with Crippen LogP contribution in [-0.4, -0.2) is 52.4 Å². The van der Waals surface area contributed by atoms with Crippen molar-refractivity contribution in [2.45, 2.75) is 103 Å². The van der Waals surface area contributed by atoms with Crippen molar-refractivity contribution in [3.8, 4) is 0 Å². The third-order valence-corrected chi connectivity index (χ3v) is 12.5. The minimum Gasteiger partial charge on any atom is -0.481 e. The third-order valence-electron chi connectivity index (χ3n) is 7.86. The Morgan fingerprint density at radius 2 is 1.62 bits per heavy atom. The van der Waals surface area contributed by atoms with E-state index >= 15 is 4.57 Å². The van der Waals surface area contributed by atoms with Crippen LogP contribution in [0.25, 0.3) is 0 Å². The summed E-state index contributed by atoms with van der Waals surface area (Å²) in [6.07, 6.45) is 5.19. The molecule has 0 aromatic carbocycles. The summed E-state index contributed by atoms with van der Waals surface area (Å²) in [5.74, 6) is -1.33. The van der Waals surface area contributed by atoms with E-state index in [1.807, 2.05) is 0 Å². The van der Waals surface area contributed by atoms with Crippen LogP contribution in [0, 0.1) is 23.7 Å². The van der Waals surface area contributed by atoms with Gasteiger partial charge in [-0.2, -0.15) is 0 Å². The number of esters is 1. The maximum atomic E-state index is 15.3. The van der Waals surface area contributed by atoms with E-state index in [0.29, 0.717) is 17.8 Å². The molecule has 194 valence electrons. The number of nitrogens with one attached hydrogen (secondary N) is 1. The van der Waals surface area contributed by atoms with Gasteiger partial charge in [0.1, 0.15) is 12.7 Å². The summed E-state index contributed by atoms with van der Waals surface area (Å²) in [6, 6.07) is 0. The molecule has 4 bridgehead atoms. The van der Waals surface area contributed by atoms with Gasteiger partial charge in [0.15, 0.2) is 0 Å². The molecule has 0 radical (unpaired) electrons. The summed E-state index contributed by atoms with van der Waals surface area (Å²) in [6.45, 7) is 8.96. The van der Waals surface area contributed by atoms with E-state index in [1.54, 1.807) is 34.6 Å². The zero-order chi connectivity index (χ0) is 25.3. The number of aliphatic carboxylic acids is 1. The monoisotopic (exact) mass is 499 g/mol. The van der Waals surface area contributed by atoms with Crippen LogP contribution < -0.4 is 5.32 Å². The highest BCUT2D eigenvalue weighted by atomic mass is 31.2. The van der Waals surface area contributed by atoms with Gasteiger partial charge in [-0.15, -0.1) is 0 Å². The third kappa shape index (κ3) is 5.98. The van der Waals surface area contributed by atoms with Gasteiger partial charge in [-0.1, -0.05) is 6.92 Å². The van der Waals surface area contributed by atoms with E-state index in [9.17, 15) is 19.5 Å². The van der Waals surface area contributed by atoms with E-state index in [-0.39, 0.29) is 25.6 Å². The molecule has 34 heavy (non-hydrogen) atoms. The van der Waals surface area contributed by atoms with Crippen LogP contribution in [0.2, 0.25) is 0 Å². The molecule has 0 spiro atoms. The molecule has 4 aliphatic rings. The highest BCUT2D eigenvalue weighted by Crippen LogP contribution is 2.75. The zero-order valence-corrected chi connectivity index (χ0v) is 22.2. The summed E-state index contributed by atoms with van der Waals surface area (Å²) in [5, 5.41) is 11.8. The van der Waals surface area contributed by atoms with Crippen LogP contribution in [0.1, 0.15) is 86.0 Å². The first kappa shape index (κ1) is 27.0. The van der Waals surface area contributed by atoms with Crippen molar-refractivity contribution in [1.29, 1.82) is 0 Å². The number of carboxylic acids is 1. The maximum Gasteiger partial charge on any atom is 0.408 e.